The second-order valence-corrected chi connectivity index (χ2v) is 16.2. The molecular formula is C53H30N4OS. The van der Waals surface area contributed by atoms with Gasteiger partial charge in [0, 0.05) is 63.9 Å². The molecule has 0 fully saturated rings. The summed E-state index contributed by atoms with van der Waals surface area (Å²) < 4.78 is 11.3. The van der Waals surface area contributed by atoms with E-state index in [4.69, 9.17) is 19.4 Å². The average molecular weight is 771 g/mol. The number of thiophene rings is 1. The lowest BCUT2D eigenvalue weighted by atomic mass is 9.99. The fourth-order valence-electron chi connectivity index (χ4n) is 9.18. The lowest BCUT2D eigenvalue weighted by Gasteiger charge is -2.14. The minimum absolute atomic E-state index is 0.563. The van der Waals surface area contributed by atoms with Gasteiger partial charge in [0.2, 0.25) is 0 Å². The van der Waals surface area contributed by atoms with Gasteiger partial charge in [-0.3, -0.25) is 0 Å². The smallest absolute Gasteiger partial charge is 0.167 e. The molecule has 0 aliphatic rings. The van der Waals surface area contributed by atoms with Gasteiger partial charge >= 0.3 is 0 Å². The summed E-state index contributed by atoms with van der Waals surface area (Å²) in [5, 5.41) is 11.8. The maximum absolute atomic E-state index is 6.55. The molecule has 274 valence electrons. The number of fused-ring (bicyclic) bond motifs is 13. The molecule has 0 unspecified atom stereocenters. The number of furan rings is 1. The fourth-order valence-corrected chi connectivity index (χ4v) is 10.4. The Morgan fingerprint density at radius 1 is 0.424 bits per heavy atom. The third-order valence-corrected chi connectivity index (χ3v) is 13.1. The molecule has 4 heterocycles. The van der Waals surface area contributed by atoms with Gasteiger partial charge in [0.15, 0.2) is 17.5 Å². The molecule has 0 aliphatic heterocycles. The predicted octanol–water partition coefficient (Wildman–Crippen LogP) is 14.5. The highest BCUT2D eigenvalue weighted by molar-refractivity contribution is 7.26. The summed E-state index contributed by atoms with van der Waals surface area (Å²) in [6.07, 6.45) is 0. The standard InChI is InChI=1S/C53H30N4OS/c1-2-14-32(15-3-1)51-54-52(42-21-12-20-41-37-18-7-10-23-46(37)58-49(41)42)56-53(55-51)44-30-33(29-43-38-19-8-11-24-47(38)59-50(43)44)57-45-22-9-6-17-36(45)40-28-27-35-34-16-5-4-13-31(34)25-26-39(35)48(40)57/h1-30H. The molecule has 4 aromatic heterocycles. The number of aromatic nitrogens is 4. The SMILES string of the molecule is c1ccc(-c2nc(-c3cccc4c3oc3ccccc34)nc(-c3cc(-n4c5ccccc5c5ccc6c7ccccc7ccc6c54)cc4c3sc3ccccc34)n2)cc1. The molecular weight excluding hydrogens is 741 g/mol. The van der Waals surface area contributed by atoms with Crippen molar-refractivity contribution in [3.8, 4) is 39.9 Å². The Bertz CT molecular complexity index is 3860. The van der Waals surface area contributed by atoms with E-state index < -0.39 is 0 Å². The molecule has 0 atom stereocenters. The first-order chi connectivity index (χ1) is 29.2. The highest BCUT2D eigenvalue weighted by atomic mass is 32.1. The molecule has 9 aromatic carbocycles. The van der Waals surface area contributed by atoms with Crippen LogP contribution in [0.3, 0.4) is 0 Å². The van der Waals surface area contributed by atoms with Crippen LogP contribution < -0.4 is 0 Å². The molecule has 0 spiro atoms. The van der Waals surface area contributed by atoms with Gasteiger partial charge in [-0.1, -0.05) is 146 Å². The topological polar surface area (TPSA) is 56.7 Å². The normalized spacial score (nSPS) is 12.1. The Labute approximate surface area is 341 Å². The zero-order valence-electron chi connectivity index (χ0n) is 31.4. The van der Waals surface area contributed by atoms with Crippen molar-refractivity contribution in [1.29, 1.82) is 0 Å². The number of rotatable bonds is 4. The third-order valence-electron chi connectivity index (χ3n) is 11.8. The lowest BCUT2D eigenvalue weighted by Crippen LogP contribution is -2.02. The highest BCUT2D eigenvalue weighted by Gasteiger charge is 2.23. The van der Waals surface area contributed by atoms with Crippen molar-refractivity contribution in [2.45, 2.75) is 0 Å². The van der Waals surface area contributed by atoms with Gasteiger partial charge in [-0.25, -0.2) is 15.0 Å². The van der Waals surface area contributed by atoms with Crippen LogP contribution >= 0.6 is 11.3 Å². The van der Waals surface area contributed by atoms with E-state index in [1.165, 1.54) is 47.9 Å². The van der Waals surface area contributed by atoms with Gasteiger partial charge in [-0.05, 0) is 52.6 Å². The van der Waals surface area contributed by atoms with Gasteiger partial charge < -0.3 is 8.98 Å². The average Bonchev–Trinajstić information content (AvgIpc) is 3.98. The summed E-state index contributed by atoms with van der Waals surface area (Å²) >= 11 is 1.78. The Morgan fingerprint density at radius 2 is 1.08 bits per heavy atom. The number of hydrogen-bond donors (Lipinski definition) is 0. The molecule has 0 bridgehead atoms. The molecule has 0 N–H and O–H groups in total. The highest BCUT2D eigenvalue weighted by Crippen LogP contribution is 2.45. The van der Waals surface area contributed by atoms with Crippen molar-refractivity contribution >= 4 is 96.8 Å². The summed E-state index contributed by atoms with van der Waals surface area (Å²) in [7, 11) is 0. The van der Waals surface area contributed by atoms with Crippen LogP contribution in [0, 0.1) is 0 Å². The van der Waals surface area contributed by atoms with Crippen LogP contribution in [0.5, 0.6) is 0 Å². The zero-order valence-corrected chi connectivity index (χ0v) is 32.2. The maximum atomic E-state index is 6.55. The summed E-state index contributed by atoms with van der Waals surface area (Å²) in [6, 6.07) is 64.4. The van der Waals surface area contributed by atoms with Crippen LogP contribution in [0.15, 0.2) is 186 Å². The van der Waals surface area contributed by atoms with Crippen molar-refractivity contribution in [3.05, 3.63) is 182 Å². The molecule has 0 saturated carbocycles. The third kappa shape index (κ3) is 4.81. The van der Waals surface area contributed by atoms with Crippen molar-refractivity contribution in [3.63, 3.8) is 0 Å². The number of hydrogen-bond acceptors (Lipinski definition) is 5. The second kappa shape index (κ2) is 12.4. The molecule has 13 aromatic rings. The van der Waals surface area contributed by atoms with E-state index in [1.807, 2.05) is 36.4 Å². The molecule has 5 nitrogen and oxygen atoms in total. The molecule has 59 heavy (non-hydrogen) atoms. The van der Waals surface area contributed by atoms with Gasteiger partial charge in [-0.15, -0.1) is 11.3 Å². The van der Waals surface area contributed by atoms with E-state index in [9.17, 15) is 0 Å². The largest absolute Gasteiger partial charge is 0.455 e. The summed E-state index contributed by atoms with van der Waals surface area (Å²) in [5.41, 5.74) is 7.65. The Kier molecular flexibility index (Phi) is 6.82. The lowest BCUT2D eigenvalue weighted by molar-refractivity contribution is 0.669. The van der Waals surface area contributed by atoms with E-state index in [0.29, 0.717) is 17.5 Å². The first-order valence-corrected chi connectivity index (χ1v) is 20.6. The van der Waals surface area contributed by atoms with E-state index >= 15 is 0 Å². The van der Waals surface area contributed by atoms with Crippen molar-refractivity contribution in [2.24, 2.45) is 0 Å². The monoisotopic (exact) mass is 770 g/mol. The van der Waals surface area contributed by atoms with E-state index in [1.54, 1.807) is 11.3 Å². The van der Waals surface area contributed by atoms with Gasteiger partial charge in [-0.2, -0.15) is 0 Å². The molecule has 0 aliphatic carbocycles. The van der Waals surface area contributed by atoms with Crippen molar-refractivity contribution in [1.82, 2.24) is 19.5 Å². The molecule has 0 saturated heterocycles. The molecule has 13 rings (SSSR count). The Morgan fingerprint density at radius 3 is 1.98 bits per heavy atom. The number of benzene rings is 9. The Hall–Kier alpha value is -7.67. The van der Waals surface area contributed by atoms with Gasteiger partial charge in [0.05, 0.1) is 16.6 Å². The van der Waals surface area contributed by atoms with Gasteiger partial charge in [0.1, 0.15) is 11.2 Å². The predicted molar refractivity (Wildman–Crippen MR) is 246 cm³/mol. The van der Waals surface area contributed by atoms with Crippen LogP contribution in [0.25, 0.3) is 125 Å². The number of nitrogens with zero attached hydrogens (tertiary/aromatic N) is 4. The fraction of sp³-hybridized carbons (Fsp3) is 0. The molecule has 0 amide bonds. The van der Waals surface area contributed by atoms with Crippen molar-refractivity contribution < 1.29 is 4.42 Å². The van der Waals surface area contributed by atoms with Crippen LogP contribution in [0.2, 0.25) is 0 Å². The summed E-state index contributed by atoms with van der Waals surface area (Å²) in [6.45, 7) is 0. The summed E-state index contributed by atoms with van der Waals surface area (Å²) in [4.78, 5) is 15.9. The van der Waals surface area contributed by atoms with Crippen molar-refractivity contribution in [2.75, 3.05) is 0 Å². The van der Waals surface area contributed by atoms with E-state index in [-0.39, 0.29) is 0 Å². The maximum Gasteiger partial charge on any atom is 0.167 e. The van der Waals surface area contributed by atoms with Gasteiger partial charge in [0.25, 0.3) is 0 Å². The first-order valence-electron chi connectivity index (χ1n) is 19.8. The van der Waals surface area contributed by atoms with Crippen LogP contribution in [0.4, 0.5) is 0 Å². The van der Waals surface area contributed by atoms with Crippen LogP contribution in [-0.4, -0.2) is 19.5 Å². The molecule has 6 heteroatoms. The number of para-hydroxylation sites is 3. The van der Waals surface area contributed by atoms with Crippen LogP contribution in [-0.2, 0) is 0 Å². The quantitative estimate of drug-likeness (QED) is 0.167. The first kappa shape index (κ1) is 32.4. The minimum Gasteiger partial charge on any atom is -0.455 e. The molecule has 0 radical (unpaired) electrons. The second-order valence-electron chi connectivity index (χ2n) is 15.1. The van der Waals surface area contributed by atoms with E-state index in [2.05, 4.69) is 150 Å². The van der Waals surface area contributed by atoms with Crippen LogP contribution in [0.1, 0.15) is 0 Å². The minimum atomic E-state index is 0.563. The Balaban J connectivity index is 1.15. The zero-order chi connectivity index (χ0) is 38.6. The summed E-state index contributed by atoms with van der Waals surface area (Å²) in [5.74, 6) is 1.78. The van der Waals surface area contributed by atoms with E-state index in [0.717, 1.165) is 59.9 Å².